The van der Waals surface area contributed by atoms with Gasteiger partial charge in [0.2, 0.25) is 11.8 Å². The third-order valence-electron chi connectivity index (χ3n) is 4.44. The average Bonchev–Trinajstić information content (AvgIpc) is 2.59. The van der Waals surface area contributed by atoms with Crippen molar-refractivity contribution < 1.29 is 22.8 Å². The van der Waals surface area contributed by atoms with E-state index in [0.29, 0.717) is 26.2 Å². The maximum Gasteiger partial charge on any atom is 0.417 e. The number of amides is 2. The number of piperazine rings is 1. The van der Waals surface area contributed by atoms with Crippen LogP contribution in [0.5, 0.6) is 0 Å². The van der Waals surface area contributed by atoms with Gasteiger partial charge in [0.15, 0.2) is 0 Å². The number of nitrogens with one attached hydrogen (secondary N) is 1. The van der Waals surface area contributed by atoms with Crippen LogP contribution in [0.1, 0.15) is 33.3 Å². The summed E-state index contributed by atoms with van der Waals surface area (Å²) in [4.78, 5) is 31.8. The lowest BCUT2D eigenvalue weighted by molar-refractivity contribution is -0.138. The Kier molecular flexibility index (Phi) is 6.48. The molecule has 0 radical (unpaired) electrons. The van der Waals surface area contributed by atoms with Gasteiger partial charge in [-0.3, -0.25) is 9.59 Å². The van der Waals surface area contributed by atoms with E-state index in [1.165, 1.54) is 0 Å². The van der Waals surface area contributed by atoms with Gasteiger partial charge in [-0.2, -0.15) is 13.2 Å². The van der Waals surface area contributed by atoms with E-state index < -0.39 is 23.2 Å². The minimum atomic E-state index is -4.51. The third-order valence-corrected chi connectivity index (χ3v) is 4.72. The van der Waals surface area contributed by atoms with Crippen molar-refractivity contribution >= 4 is 29.2 Å². The van der Waals surface area contributed by atoms with Crippen molar-refractivity contribution in [3.63, 3.8) is 0 Å². The van der Waals surface area contributed by atoms with E-state index in [1.54, 1.807) is 37.5 Å². The van der Waals surface area contributed by atoms with Crippen LogP contribution in [0, 0.1) is 5.41 Å². The number of anilines is 1. The van der Waals surface area contributed by atoms with E-state index in [4.69, 9.17) is 11.6 Å². The lowest BCUT2D eigenvalue weighted by atomic mass is 9.95. The number of carbonyl (C=O) groups excluding carboxylic acids is 2. The number of pyridine rings is 1. The van der Waals surface area contributed by atoms with Crippen molar-refractivity contribution in [3.8, 4) is 0 Å². The van der Waals surface area contributed by atoms with Crippen molar-refractivity contribution in [1.82, 2.24) is 15.2 Å². The van der Waals surface area contributed by atoms with Gasteiger partial charge in [0, 0.05) is 37.8 Å². The first kappa shape index (κ1) is 22.3. The van der Waals surface area contributed by atoms with Gasteiger partial charge >= 0.3 is 6.18 Å². The Hall–Kier alpha value is -2.03. The van der Waals surface area contributed by atoms with Gasteiger partial charge in [-0.15, -0.1) is 0 Å². The van der Waals surface area contributed by atoms with E-state index in [0.717, 1.165) is 12.3 Å². The largest absolute Gasteiger partial charge is 0.417 e. The van der Waals surface area contributed by atoms with E-state index in [9.17, 15) is 22.8 Å². The van der Waals surface area contributed by atoms with E-state index in [1.807, 2.05) is 0 Å². The minimum absolute atomic E-state index is 0.0830. The zero-order valence-electron chi connectivity index (χ0n) is 16.2. The lowest BCUT2D eigenvalue weighted by Crippen LogP contribution is -2.55. The molecule has 0 bridgehead atoms. The van der Waals surface area contributed by atoms with Crippen LogP contribution in [-0.4, -0.2) is 53.9 Å². The van der Waals surface area contributed by atoms with E-state index in [2.05, 4.69) is 10.3 Å². The van der Waals surface area contributed by atoms with Gasteiger partial charge in [-0.1, -0.05) is 32.4 Å². The van der Waals surface area contributed by atoms with Crippen LogP contribution in [0.4, 0.5) is 19.0 Å². The fourth-order valence-electron chi connectivity index (χ4n) is 2.71. The molecule has 1 N–H and O–H groups in total. The fourth-order valence-corrected chi connectivity index (χ4v) is 2.99. The number of hydrogen-bond acceptors (Lipinski definition) is 4. The number of halogens is 4. The van der Waals surface area contributed by atoms with Crippen molar-refractivity contribution in [2.24, 2.45) is 5.41 Å². The maximum atomic E-state index is 12.7. The second-order valence-electron chi connectivity index (χ2n) is 7.78. The Balaban J connectivity index is 1.97. The number of aromatic nitrogens is 1. The summed E-state index contributed by atoms with van der Waals surface area (Å²) in [7, 11) is 0. The summed E-state index contributed by atoms with van der Waals surface area (Å²) >= 11 is 5.99. The predicted octanol–water partition coefficient (Wildman–Crippen LogP) is 2.95. The van der Waals surface area contributed by atoms with Crippen LogP contribution >= 0.6 is 11.6 Å². The molecule has 156 valence electrons. The van der Waals surface area contributed by atoms with Crippen LogP contribution in [0.2, 0.25) is 5.02 Å². The number of hydrogen-bond donors (Lipinski definition) is 1. The van der Waals surface area contributed by atoms with Gasteiger partial charge in [0.25, 0.3) is 0 Å². The number of alkyl halides is 3. The SMILES string of the molecule is CC(NC(=O)C(C)(C)C)C(=O)N1CCN(c2ncc(C(F)(F)F)cc2Cl)CC1. The van der Waals surface area contributed by atoms with Gasteiger partial charge in [-0.25, -0.2) is 4.98 Å². The number of carbonyl (C=O) groups is 2. The summed E-state index contributed by atoms with van der Waals surface area (Å²) in [5, 5.41) is 2.62. The molecular formula is C18H24ClF3N4O2. The molecule has 1 unspecified atom stereocenters. The van der Waals surface area contributed by atoms with E-state index >= 15 is 0 Å². The molecule has 1 fully saturated rings. The molecule has 6 nitrogen and oxygen atoms in total. The Morgan fingerprint density at radius 2 is 1.75 bits per heavy atom. The first-order chi connectivity index (χ1) is 12.8. The van der Waals surface area contributed by atoms with Crippen LogP contribution in [0.3, 0.4) is 0 Å². The minimum Gasteiger partial charge on any atom is -0.352 e. The second kappa shape index (κ2) is 8.14. The van der Waals surface area contributed by atoms with E-state index in [-0.39, 0.29) is 22.7 Å². The zero-order valence-corrected chi connectivity index (χ0v) is 17.0. The van der Waals surface area contributed by atoms with Crippen LogP contribution in [0.25, 0.3) is 0 Å². The second-order valence-corrected chi connectivity index (χ2v) is 8.19. The quantitative estimate of drug-likeness (QED) is 0.816. The molecule has 1 aromatic heterocycles. The normalized spacial score (nSPS) is 16.7. The first-order valence-electron chi connectivity index (χ1n) is 8.88. The van der Waals surface area contributed by atoms with Crippen molar-refractivity contribution in [2.45, 2.75) is 39.9 Å². The molecule has 2 heterocycles. The molecule has 2 amide bonds. The van der Waals surface area contributed by atoms with Gasteiger partial charge in [0.1, 0.15) is 11.9 Å². The molecule has 28 heavy (non-hydrogen) atoms. The van der Waals surface area contributed by atoms with Gasteiger partial charge < -0.3 is 15.1 Å². The average molecular weight is 421 g/mol. The fraction of sp³-hybridized carbons (Fsp3) is 0.611. The highest BCUT2D eigenvalue weighted by atomic mass is 35.5. The summed E-state index contributed by atoms with van der Waals surface area (Å²) in [6, 6.07) is 0.192. The predicted molar refractivity (Wildman–Crippen MR) is 100 cm³/mol. The topological polar surface area (TPSA) is 65.5 Å². The summed E-state index contributed by atoms with van der Waals surface area (Å²) in [6.45, 7) is 8.39. The Bertz CT molecular complexity index is 741. The summed E-state index contributed by atoms with van der Waals surface area (Å²) in [6.07, 6.45) is -3.75. The van der Waals surface area contributed by atoms with Crippen LogP contribution < -0.4 is 10.2 Å². The molecular weight excluding hydrogens is 397 g/mol. The van der Waals surface area contributed by atoms with Gasteiger partial charge in [0.05, 0.1) is 10.6 Å². The lowest BCUT2D eigenvalue weighted by Gasteiger charge is -2.37. The highest BCUT2D eigenvalue weighted by Crippen LogP contribution is 2.33. The molecule has 1 aliphatic rings. The molecule has 1 aliphatic heterocycles. The van der Waals surface area contributed by atoms with Crippen molar-refractivity contribution in [2.75, 3.05) is 31.1 Å². The highest BCUT2D eigenvalue weighted by Gasteiger charge is 2.33. The molecule has 1 saturated heterocycles. The maximum absolute atomic E-state index is 12.7. The third kappa shape index (κ3) is 5.27. The summed E-state index contributed by atoms with van der Waals surface area (Å²) in [5.41, 5.74) is -1.50. The monoisotopic (exact) mass is 420 g/mol. The molecule has 0 saturated carbocycles. The highest BCUT2D eigenvalue weighted by molar-refractivity contribution is 6.33. The number of rotatable bonds is 3. The molecule has 2 rings (SSSR count). The zero-order chi connectivity index (χ0) is 21.3. The Morgan fingerprint density at radius 1 is 1.18 bits per heavy atom. The molecule has 1 aromatic rings. The Labute approximate surface area is 167 Å². The molecule has 0 aromatic carbocycles. The van der Waals surface area contributed by atoms with Gasteiger partial charge in [-0.05, 0) is 13.0 Å². The van der Waals surface area contributed by atoms with Crippen molar-refractivity contribution in [1.29, 1.82) is 0 Å². The standard InChI is InChI=1S/C18H24ClF3N4O2/c1-11(24-16(28)17(2,3)4)15(27)26-7-5-25(6-8-26)14-13(19)9-12(10-23-14)18(20,21)22/h9-11H,5-8H2,1-4H3,(H,24,28). The molecule has 1 atom stereocenters. The van der Waals surface area contributed by atoms with Crippen molar-refractivity contribution in [3.05, 3.63) is 22.8 Å². The molecule has 10 heteroatoms. The smallest absolute Gasteiger partial charge is 0.352 e. The van der Waals surface area contributed by atoms with Crippen LogP contribution in [0.15, 0.2) is 12.3 Å². The van der Waals surface area contributed by atoms with Crippen LogP contribution in [-0.2, 0) is 15.8 Å². The number of nitrogens with zero attached hydrogens (tertiary/aromatic N) is 3. The molecule has 0 spiro atoms. The molecule has 0 aliphatic carbocycles. The first-order valence-corrected chi connectivity index (χ1v) is 9.26. The summed E-state index contributed by atoms with van der Waals surface area (Å²) < 4.78 is 38.2. The Morgan fingerprint density at radius 3 is 2.21 bits per heavy atom. The summed E-state index contributed by atoms with van der Waals surface area (Å²) in [5.74, 6) is -0.160.